The van der Waals surface area contributed by atoms with E-state index in [1.165, 1.54) is 27.7 Å². The Morgan fingerprint density at radius 3 is 1.36 bits per heavy atom. The Morgan fingerprint density at radius 1 is 0.406 bits per heavy atom. The Bertz CT molecular complexity index is 1670. The second-order valence-electron chi connectivity index (χ2n) is 18.0. The smallest absolute Gasteiger partial charge is 0.303 e. The molecule has 6 aliphatic heterocycles. The molecule has 6 rings (SSSR count). The predicted octanol–water partition coefficient (Wildman–Crippen LogP) is -9.28. The third kappa shape index (κ3) is 12.0. The molecule has 0 aromatic heterocycles. The van der Waals surface area contributed by atoms with Crippen LogP contribution < -0.4 is 5.32 Å². The van der Waals surface area contributed by atoms with Crippen molar-refractivity contribution >= 4 is 11.9 Å². The summed E-state index contributed by atoms with van der Waals surface area (Å²) in [4.78, 5) is 25.6. The Balaban J connectivity index is 1.37. The summed E-state index contributed by atoms with van der Waals surface area (Å²) in [6, 6.07) is -1.77. The minimum Gasteiger partial charge on any atom is -0.454 e. The number of amides is 1. The number of rotatable bonds is 14. The van der Waals surface area contributed by atoms with Gasteiger partial charge in [-0.1, -0.05) is 0 Å². The van der Waals surface area contributed by atoms with Gasteiger partial charge in [-0.25, -0.2) is 0 Å². The zero-order chi connectivity index (χ0) is 51.1. The molecule has 6 saturated heterocycles. The largest absolute Gasteiger partial charge is 0.454 e. The van der Waals surface area contributed by atoms with Gasteiger partial charge in [-0.05, 0) is 27.7 Å². The minimum absolute atomic E-state index is 0.839. The number of carbonyl (C=O) groups excluding carboxylic acids is 2. The van der Waals surface area contributed by atoms with Crippen LogP contribution in [-0.2, 0) is 66.4 Å². The van der Waals surface area contributed by atoms with Crippen molar-refractivity contribution in [3.05, 3.63) is 0 Å². The van der Waals surface area contributed by atoms with Crippen LogP contribution >= 0.6 is 0 Å². The van der Waals surface area contributed by atoms with Crippen molar-refractivity contribution in [3.63, 3.8) is 0 Å². The highest BCUT2D eigenvalue weighted by Gasteiger charge is 2.59. The second-order valence-corrected chi connectivity index (χ2v) is 18.0. The van der Waals surface area contributed by atoms with Gasteiger partial charge in [0.2, 0.25) is 5.91 Å². The molecule has 0 spiro atoms. The zero-order valence-electron chi connectivity index (χ0n) is 38.2. The van der Waals surface area contributed by atoms with E-state index in [2.05, 4.69) is 5.32 Å². The second kappa shape index (κ2) is 23.4. The Morgan fingerprint density at radius 2 is 0.812 bits per heavy atom. The number of esters is 1. The van der Waals surface area contributed by atoms with Crippen molar-refractivity contribution in [1.29, 1.82) is 0 Å². The van der Waals surface area contributed by atoms with Crippen molar-refractivity contribution in [2.24, 2.45) is 0 Å². The highest BCUT2D eigenvalue weighted by Crippen LogP contribution is 2.38. The molecule has 29 heteroatoms. The van der Waals surface area contributed by atoms with E-state index in [1.807, 2.05) is 0 Å². The molecule has 15 N–H and O–H groups in total. The summed E-state index contributed by atoms with van der Waals surface area (Å²) in [6.45, 7) is 5.48. The van der Waals surface area contributed by atoms with Crippen molar-refractivity contribution in [2.45, 2.75) is 226 Å². The van der Waals surface area contributed by atoms with Crippen molar-refractivity contribution < 1.29 is 138 Å². The lowest BCUT2D eigenvalue weighted by Crippen LogP contribution is -2.70. The number of ether oxygens (including phenoxy) is 12. The number of carbonyl (C=O) groups is 2. The quantitative estimate of drug-likeness (QED) is 0.0719. The van der Waals surface area contributed by atoms with Gasteiger partial charge in [0.1, 0.15) is 116 Å². The number of hydrogen-bond acceptors (Lipinski definition) is 28. The molecule has 400 valence electrons. The average Bonchev–Trinajstić information content (AvgIpc) is 3.29. The molecule has 0 saturated carbocycles. The van der Waals surface area contributed by atoms with Crippen molar-refractivity contribution in [1.82, 2.24) is 5.32 Å². The number of nitrogens with one attached hydrogen (secondary N) is 1. The van der Waals surface area contributed by atoms with Crippen LogP contribution in [0, 0.1) is 0 Å². The molecule has 6 heterocycles. The van der Waals surface area contributed by atoms with Gasteiger partial charge in [0.05, 0.1) is 37.6 Å². The SMILES string of the molecule is CC(=O)N[C@H]1[C@H](O[C@H]2[C@H](O[C@@H]3[C@H](O)[C@@H](O)[C@H](C)O[C@H]3O)O[C@@H](C)[C@H](O)[C@H]2O[C@H]2O[C@H](CO)[C@@H](O)[C@H](O)[C@H]2O)O[C@H](CO)[C@@H](O)[C@@H]1O[C@@H]1O[C@@H](C)[C@H](O)[C@@H](O[C@@H]2O[C@@H](C)[C@H](O)[C@@H](O)[C@H]2O)[C@H]1OC(C)=O. The van der Waals surface area contributed by atoms with Crippen LogP contribution in [-0.4, -0.2) is 281 Å². The van der Waals surface area contributed by atoms with E-state index in [0.717, 1.165) is 13.8 Å². The average molecular weight is 1010 g/mol. The van der Waals surface area contributed by atoms with E-state index in [9.17, 15) is 81.1 Å². The molecule has 6 aliphatic rings. The van der Waals surface area contributed by atoms with Crippen molar-refractivity contribution in [2.75, 3.05) is 13.2 Å². The fraction of sp³-hybridized carbons (Fsp3) is 0.950. The summed E-state index contributed by atoms with van der Waals surface area (Å²) >= 11 is 0. The van der Waals surface area contributed by atoms with Crippen molar-refractivity contribution in [3.8, 4) is 0 Å². The predicted molar refractivity (Wildman–Crippen MR) is 215 cm³/mol. The first-order valence-corrected chi connectivity index (χ1v) is 22.4. The van der Waals surface area contributed by atoms with Gasteiger partial charge in [-0.3, -0.25) is 9.59 Å². The lowest BCUT2D eigenvalue weighted by molar-refractivity contribution is -0.404. The van der Waals surface area contributed by atoms with Gasteiger partial charge in [0.25, 0.3) is 0 Å². The molecule has 1 amide bonds. The van der Waals surface area contributed by atoms with E-state index >= 15 is 0 Å². The maximum Gasteiger partial charge on any atom is 0.303 e. The number of hydrogen-bond donors (Lipinski definition) is 15. The molecule has 0 radical (unpaired) electrons. The van der Waals surface area contributed by atoms with Gasteiger partial charge in [0.15, 0.2) is 43.8 Å². The summed E-state index contributed by atoms with van der Waals surface area (Å²) < 4.78 is 70.4. The topological polar surface area (TPSA) is 440 Å². The van der Waals surface area contributed by atoms with E-state index in [1.54, 1.807) is 0 Å². The highest BCUT2D eigenvalue weighted by atomic mass is 16.8. The molecule has 30 atom stereocenters. The van der Waals surface area contributed by atoms with E-state index in [0.29, 0.717) is 0 Å². The first kappa shape index (κ1) is 56.2. The lowest BCUT2D eigenvalue weighted by atomic mass is 9.94. The molecule has 0 aliphatic carbocycles. The summed E-state index contributed by atoms with van der Waals surface area (Å²) in [5.74, 6) is -1.84. The van der Waals surface area contributed by atoms with Crippen LogP contribution in [0.5, 0.6) is 0 Å². The maximum atomic E-state index is 13.0. The standard InChI is InChI=1S/C40H67NO28/c1-9-19(47)26(54)32(35(57)58-9)68-40-34(31(21(49)12(4)61-40)67-38-28(56)25(53)22(50)15(7-42)64-38)69-36-17(41-13(5)44)29(23(51)16(8-43)63-36)65-39-33(62-14(6)45)30(20(48)11(3)60-39)66-37-27(55)24(52)18(46)10(2)59-37/h9-12,15-40,42-43,46-57H,7-8H2,1-6H3,(H,41,44)/t9-,10-,11-,12-,15+,16+,17+,18-,19-,20-,21-,22+,23+,24+,25-,26+,27+,28+,29+,30+,31+,32+,33+,34+,35+,36-,37-,38+,39-,40-/m0/s1. The fourth-order valence-electron chi connectivity index (χ4n) is 8.94. The third-order valence-electron chi connectivity index (χ3n) is 13.0. The Hall–Kier alpha value is -2.06. The van der Waals surface area contributed by atoms with Gasteiger partial charge >= 0.3 is 5.97 Å². The first-order chi connectivity index (χ1) is 32.4. The van der Waals surface area contributed by atoms with Gasteiger partial charge in [0, 0.05) is 13.8 Å². The normalized spacial score (nSPS) is 51.9. The Labute approximate surface area is 393 Å². The molecule has 0 bridgehead atoms. The van der Waals surface area contributed by atoms with Crippen LogP contribution in [0.25, 0.3) is 0 Å². The van der Waals surface area contributed by atoms with Crippen LogP contribution in [0.4, 0.5) is 0 Å². The molecule has 0 unspecified atom stereocenters. The van der Waals surface area contributed by atoms with Gasteiger partial charge < -0.3 is 134 Å². The van der Waals surface area contributed by atoms with Gasteiger partial charge in [-0.2, -0.15) is 0 Å². The summed E-state index contributed by atoms with van der Waals surface area (Å²) in [5, 5.41) is 154. The maximum absolute atomic E-state index is 13.0. The fourth-order valence-corrected chi connectivity index (χ4v) is 8.94. The minimum atomic E-state index is -2.06. The van der Waals surface area contributed by atoms with E-state index < -0.39 is 209 Å². The third-order valence-corrected chi connectivity index (χ3v) is 13.0. The monoisotopic (exact) mass is 1010 g/mol. The van der Waals surface area contributed by atoms with Crippen LogP contribution in [0.15, 0.2) is 0 Å². The molecule has 0 aromatic rings. The first-order valence-electron chi connectivity index (χ1n) is 22.4. The molecular weight excluding hydrogens is 942 g/mol. The number of aliphatic hydroxyl groups is 14. The zero-order valence-corrected chi connectivity index (χ0v) is 38.2. The molecule has 6 fully saturated rings. The molecule has 0 aromatic carbocycles. The van der Waals surface area contributed by atoms with E-state index in [4.69, 9.17) is 56.8 Å². The highest BCUT2D eigenvalue weighted by molar-refractivity contribution is 5.73. The van der Waals surface area contributed by atoms with Crippen LogP contribution in [0.2, 0.25) is 0 Å². The lowest BCUT2D eigenvalue weighted by Gasteiger charge is -2.51. The van der Waals surface area contributed by atoms with Crippen LogP contribution in [0.3, 0.4) is 0 Å². The van der Waals surface area contributed by atoms with Crippen LogP contribution in [0.1, 0.15) is 41.5 Å². The molecular formula is C40H67NO28. The number of aliphatic hydroxyl groups excluding tert-OH is 14. The van der Waals surface area contributed by atoms with Gasteiger partial charge in [-0.15, -0.1) is 0 Å². The summed E-state index contributed by atoms with van der Waals surface area (Å²) in [5.41, 5.74) is 0. The summed E-state index contributed by atoms with van der Waals surface area (Å²) in [6.07, 6.45) is -50.8. The van der Waals surface area contributed by atoms with E-state index in [-0.39, 0.29) is 0 Å². The Kier molecular flexibility index (Phi) is 19.1. The summed E-state index contributed by atoms with van der Waals surface area (Å²) in [7, 11) is 0. The molecule has 69 heavy (non-hydrogen) atoms. The molecule has 29 nitrogen and oxygen atoms in total.